The molecular formula is C42H34BBr2IO4. The molecule has 1 aliphatic heterocycles. The van der Waals surface area contributed by atoms with Gasteiger partial charge >= 0.3 is 7.12 Å². The molecule has 8 heteroatoms. The molecular weight excluding hydrogens is 866 g/mol. The Morgan fingerprint density at radius 1 is 0.520 bits per heavy atom. The van der Waals surface area contributed by atoms with E-state index in [4.69, 9.17) is 18.1 Å². The van der Waals surface area contributed by atoms with Crippen molar-refractivity contribution in [1.82, 2.24) is 0 Å². The molecule has 8 aromatic rings. The largest absolute Gasteiger partial charge is 0.498 e. The van der Waals surface area contributed by atoms with Crippen molar-refractivity contribution in [2.24, 2.45) is 0 Å². The second-order valence-corrected chi connectivity index (χ2v) is 16.2. The topological polar surface area (TPSA) is 44.7 Å². The summed E-state index contributed by atoms with van der Waals surface area (Å²) in [5.74, 6) is 0. The fourth-order valence-corrected chi connectivity index (χ4v) is 7.78. The van der Waals surface area contributed by atoms with Crippen molar-refractivity contribution in [3.8, 4) is 11.1 Å². The fourth-order valence-electron chi connectivity index (χ4n) is 6.02. The van der Waals surface area contributed by atoms with Gasteiger partial charge in [-0.2, -0.15) is 0 Å². The van der Waals surface area contributed by atoms with Gasteiger partial charge in [0.1, 0.15) is 22.3 Å². The van der Waals surface area contributed by atoms with Gasteiger partial charge in [-0.3, -0.25) is 0 Å². The SMILES string of the molecule is Brc1cccc(-c2cccc3c2oc2ccccc23)c1.Brc1cccc(I)c1.CC1(C)OB(c2cccc3c2oc2ccccc23)OC1(C)C. The second-order valence-electron chi connectivity index (χ2n) is 13.1. The first-order valence-corrected chi connectivity index (χ1v) is 19.0. The first-order valence-electron chi connectivity index (χ1n) is 16.3. The van der Waals surface area contributed by atoms with Crippen molar-refractivity contribution in [3.05, 3.63) is 146 Å². The van der Waals surface area contributed by atoms with Crippen LogP contribution in [0, 0.1) is 3.57 Å². The number of hydrogen-bond donors (Lipinski definition) is 0. The van der Waals surface area contributed by atoms with E-state index in [1.807, 2.05) is 72.8 Å². The zero-order valence-electron chi connectivity index (χ0n) is 28.0. The van der Waals surface area contributed by atoms with Crippen LogP contribution in [0.4, 0.5) is 0 Å². The Balaban J connectivity index is 0.000000129. The van der Waals surface area contributed by atoms with E-state index in [2.05, 4.69) is 143 Å². The van der Waals surface area contributed by atoms with Gasteiger partial charge in [0.15, 0.2) is 0 Å². The van der Waals surface area contributed by atoms with Crippen LogP contribution in [0.2, 0.25) is 0 Å². The minimum absolute atomic E-state index is 0.355. The van der Waals surface area contributed by atoms with Gasteiger partial charge in [-0.15, -0.1) is 0 Å². The van der Waals surface area contributed by atoms with Crippen LogP contribution in [0.3, 0.4) is 0 Å². The van der Waals surface area contributed by atoms with Crippen LogP contribution in [-0.4, -0.2) is 18.3 Å². The van der Waals surface area contributed by atoms with E-state index in [0.29, 0.717) is 0 Å². The van der Waals surface area contributed by atoms with Crippen molar-refractivity contribution in [3.63, 3.8) is 0 Å². The highest BCUT2D eigenvalue weighted by molar-refractivity contribution is 14.1. The van der Waals surface area contributed by atoms with Crippen LogP contribution in [0.1, 0.15) is 27.7 Å². The Morgan fingerprint density at radius 3 is 1.60 bits per heavy atom. The summed E-state index contributed by atoms with van der Waals surface area (Å²) in [7, 11) is -0.408. The minimum Gasteiger partial charge on any atom is -0.456 e. The molecule has 6 aromatic carbocycles. The van der Waals surface area contributed by atoms with Gasteiger partial charge in [0.25, 0.3) is 0 Å². The number of furan rings is 2. The quantitative estimate of drug-likeness (QED) is 0.128. The maximum atomic E-state index is 6.17. The summed E-state index contributed by atoms with van der Waals surface area (Å²) >= 11 is 9.16. The standard InChI is InChI=1S/C18H19BO3.C18H11BrO.C6H4BrI/c1-17(2)18(3,4)22-19(21-17)14-10-7-9-13-12-8-5-6-11-15(12)20-16(13)14;19-13-6-3-5-12(11-13)14-8-4-9-16-15-7-1-2-10-17(15)20-18(14)16;7-5-2-1-3-6(8)4-5/h5-11H,1-4H3;1-11H;1-4H. The van der Waals surface area contributed by atoms with Gasteiger partial charge in [-0.25, -0.2) is 0 Å². The van der Waals surface area contributed by atoms with Crippen molar-refractivity contribution in [2.75, 3.05) is 0 Å². The van der Waals surface area contributed by atoms with E-state index in [-0.39, 0.29) is 11.2 Å². The summed E-state index contributed by atoms with van der Waals surface area (Å²) in [6, 6.07) is 45.1. The molecule has 0 spiro atoms. The first kappa shape index (κ1) is 35.0. The van der Waals surface area contributed by atoms with E-state index in [0.717, 1.165) is 64.0 Å². The van der Waals surface area contributed by atoms with Crippen LogP contribution >= 0.6 is 54.5 Å². The van der Waals surface area contributed by atoms with Gasteiger partial charge in [0.05, 0.1) is 11.2 Å². The van der Waals surface area contributed by atoms with Crippen molar-refractivity contribution in [1.29, 1.82) is 0 Å². The fraction of sp³-hybridized carbons (Fsp3) is 0.143. The number of hydrogen-bond acceptors (Lipinski definition) is 4. The minimum atomic E-state index is -0.408. The molecule has 1 aliphatic rings. The molecule has 0 unspecified atom stereocenters. The van der Waals surface area contributed by atoms with Crippen LogP contribution < -0.4 is 5.46 Å². The molecule has 250 valence electrons. The van der Waals surface area contributed by atoms with Crippen molar-refractivity contribution in [2.45, 2.75) is 38.9 Å². The smallest absolute Gasteiger partial charge is 0.456 e. The predicted molar refractivity (Wildman–Crippen MR) is 223 cm³/mol. The summed E-state index contributed by atoms with van der Waals surface area (Å²) < 4.78 is 28.0. The molecule has 1 fully saturated rings. The number of para-hydroxylation sites is 4. The predicted octanol–water partition coefficient (Wildman–Crippen LogP) is 13.0. The summed E-state index contributed by atoms with van der Waals surface area (Å²) in [5.41, 5.74) is 6.15. The summed E-state index contributed by atoms with van der Waals surface area (Å²) in [6.07, 6.45) is 0. The molecule has 4 nitrogen and oxygen atoms in total. The van der Waals surface area contributed by atoms with E-state index in [1.54, 1.807) is 0 Å². The summed E-state index contributed by atoms with van der Waals surface area (Å²) in [5, 5.41) is 4.55. The lowest BCUT2D eigenvalue weighted by molar-refractivity contribution is 0.00578. The van der Waals surface area contributed by atoms with Crippen LogP contribution in [0.15, 0.2) is 151 Å². The molecule has 0 amide bonds. The number of benzene rings is 6. The third-order valence-corrected chi connectivity index (χ3v) is 10.9. The second kappa shape index (κ2) is 14.3. The maximum absolute atomic E-state index is 6.17. The lowest BCUT2D eigenvalue weighted by Crippen LogP contribution is -2.41. The maximum Gasteiger partial charge on any atom is 0.498 e. The van der Waals surface area contributed by atoms with Crippen molar-refractivity contribution < 1.29 is 18.1 Å². The van der Waals surface area contributed by atoms with Crippen LogP contribution in [-0.2, 0) is 9.31 Å². The molecule has 0 saturated carbocycles. The lowest BCUT2D eigenvalue weighted by Gasteiger charge is -2.32. The molecule has 50 heavy (non-hydrogen) atoms. The molecule has 0 radical (unpaired) electrons. The number of fused-ring (bicyclic) bond motifs is 6. The van der Waals surface area contributed by atoms with Gasteiger partial charge in [0.2, 0.25) is 0 Å². The van der Waals surface area contributed by atoms with Gasteiger partial charge in [-0.05, 0) is 98.3 Å². The van der Waals surface area contributed by atoms with Crippen molar-refractivity contribution >= 4 is 111 Å². The molecule has 0 N–H and O–H groups in total. The Bertz CT molecular complexity index is 2430. The van der Waals surface area contributed by atoms with Crippen LogP contribution in [0.5, 0.6) is 0 Å². The average molecular weight is 900 g/mol. The highest BCUT2D eigenvalue weighted by Gasteiger charge is 2.52. The Hall–Kier alpha value is -3.41. The van der Waals surface area contributed by atoms with E-state index in [9.17, 15) is 0 Å². The molecule has 0 aliphatic carbocycles. The molecule has 9 rings (SSSR count). The highest BCUT2D eigenvalue weighted by Crippen LogP contribution is 2.38. The van der Waals surface area contributed by atoms with E-state index < -0.39 is 7.12 Å². The monoisotopic (exact) mass is 898 g/mol. The Labute approximate surface area is 322 Å². The summed E-state index contributed by atoms with van der Waals surface area (Å²) in [4.78, 5) is 0. The third-order valence-electron chi connectivity index (χ3n) is 9.27. The zero-order valence-corrected chi connectivity index (χ0v) is 33.4. The molecule has 1 saturated heterocycles. The van der Waals surface area contributed by atoms with E-state index >= 15 is 0 Å². The molecule has 0 bridgehead atoms. The Kier molecular flexibility index (Phi) is 10.0. The van der Waals surface area contributed by atoms with Gasteiger partial charge in [0, 0.05) is 45.1 Å². The Morgan fingerprint density at radius 2 is 1.02 bits per heavy atom. The van der Waals surface area contributed by atoms with Gasteiger partial charge in [-0.1, -0.05) is 123 Å². The average Bonchev–Trinajstić information content (AvgIpc) is 3.73. The molecule has 3 heterocycles. The summed E-state index contributed by atoms with van der Waals surface area (Å²) in [6.45, 7) is 8.25. The van der Waals surface area contributed by atoms with E-state index in [1.165, 1.54) is 8.96 Å². The zero-order chi connectivity index (χ0) is 35.0. The number of halogens is 3. The molecule has 0 atom stereocenters. The molecule has 2 aromatic heterocycles. The normalized spacial score (nSPS) is 14.8. The first-order chi connectivity index (χ1) is 24.0. The van der Waals surface area contributed by atoms with Crippen LogP contribution in [0.25, 0.3) is 55.0 Å². The number of rotatable bonds is 2. The third kappa shape index (κ3) is 7.06. The highest BCUT2D eigenvalue weighted by atomic mass is 127. The van der Waals surface area contributed by atoms with Gasteiger partial charge < -0.3 is 18.1 Å². The lowest BCUT2D eigenvalue weighted by atomic mass is 9.78.